The number of nitrogens with zero attached hydrogens (tertiary/aromatic N) is 1. The number of hydrogen-bond acceptors (Lipinski definition) is 9. The van der Waals surface area contributed by atoms with Gasteiger partial charge in [0.15, 0.2) is 0 Å². The summed E-state index contributed by atoms with van der Waals surface area (Å²) in [7, 11) is 1.91. The van der Waals surface area contributed by atoms with Crippen molar-refractivity contribution in [3.05, 3.63) is 0 Å². The standard InChI is InChI=1S/C20H38N4O6S/c1-5-6-11-7-12(24(3)9-11)19(29)23-14(10(2)22-13(25)8-21)18-16(27)15(26)17(28)20(30-18)31-4/h10-12,14-18,20,26-28H,5-9,21H2,1-4H3,(H,22,25)(H,23,29)/t10-,11+,12-,14+,15+,16?,17+,18+,20?/m0/s1. The zero-order valence-corrected chi connectivity index (χ0v) is 19.5. The zero-order chi connectivity index (χ0) is 23.3. The maximum atomic E-state index is 13.2. The van der Waals surface area contributed by atoms with Crippen LogP contribution in [0.3, 0.4) is 0 Å². The van der Waals surface area contributed by atoms with Crippen LogP contribution in [0.2, 0.25) is 0 Å². The second kappa shape index (κ2) is 11.8. The largest absolute Gasteiger partial charge is 0.388 e. The average molecular weight is 463 g/mol. The van der Waals surface area contributed by atoms with E-state index in [1.54, 1.807) is 13.2 Å². The molecule has 2 amide bonds. The first-order valence-electron chi connectivity index (χ1n) is 10.9. The number of aliphatic hydroxyl groups is 3. The van der Waals surface area contributed by atoms with E-state index in [0.717, 1.165) is 25.8 Å². The Morgan fingerprint density at radius 3 is 2.48 bits per heavy atom. The summed E-state index contributed by atoms with van der Waals surface area (Å²) in [5.41, 5.74) is 4.62. The van der Waals surface area contributed by atoms with Crippen molar-refractivity contribution < 1.29 is 29.6 Å². The predicted molar refractivity (Wildman–Crippen MR) is 118 cm³/mol. The number of amides is 2. The minimum absolute atomic E-state index is 0.224. The van der Waals surface area contributed by atoms with E-state index < -0.39 is 47.8 Å². The number of nitrogens with one attached hydrogen (secondary N) is 2. The Balaban J connectivity index is 2.22. The number of carbonyl (C=O) groups excluding carboxylic acids is 2. The summed E-state index contributed by atoms with van der Waals surface area (Å²) in [5, 5.41) is 36.8. The molecule has 2 aliphatic heterocycles. The lowest BCUT2D eigenvalue weighted by molar-refractivity contribution is -0.207. The number of likely N-dealkylation sites (tertiary alicyclic amines) is 1. The number of likely N-dealkylation sites (N-methyl/N-ethyl adjacent to an activating group) is 1. The lowest BCUT2D eigenvalue weighted by atomic mass is 9.90. The Morgan fingerprint density at radius 2 is 1.90 bits per heavy atom. The van der Waals surface area contributed by atoms with Gasteiger partial charge < -0.3 is 36.4 Å². The minimum atomic E-state index is -1.45. The van der Waals surface area contributed by atoms with Crippen molar-refractivity contribution in [2.45, 2.75) is 81.1 Å². The van der Waals surface area contributed by atoms with Crippen LogP contribution in [0, 0.1) is 5.92 Å². The van der Waals surface area contributed by atoms with Gasteiger partial charge in [0, 0.05) is 12.6 Å². The molecule has 2 rings (SSSR count). The van der Waals surface area contributed by atoms with Gasteiger partial charge in [-0.25, -0.2) is 0 Å². The van der Waals surface area contributed by atoms with E-state index >= 15 is 0 Å². The maximum Gasteiger partial charge on any atom is 0.237 e. The summed E-state index contributed by atoms with van der Waals surface area (Å²) in [6.07, 6.45) is -0.667. The fourth-order valence-electron chi connectivity index (χ4n) is 4.55. The molecule has 2 saturated heterocycles. The second-order valence-corrected chi connectivity index (χ2v) is 9.55. The van der Waals surface area contributed by atoms with E-state index in [4.69, 9.17) is 10.5 Å². The molecule has 0 aromatic carbocycles. The van der Waals surface area contributed by atoms with Crippen LogP contribution >= 0.6 is 11.8 Å². The Morgan fingerprint density at radius 1 is 1.23 bits per heavy atom. The van der Waals surface area contributed by atoms with Crippen molar-refractivity contribution in [1.82, 2.24) is 15.5 Å². The molecule has 10 nitrogen and oxygen atoms in total. The van der Waals surface area contributed by atoms with Gasteiger partial charge >= 0.3 is 0 Å². The number of carbonyl (C=O) groups is 2. The first-order chi connectivity index (χ1) is 14.6. The molecule has 0 aromatic heterocycles. The van der Waals surface area contributed by atoms with Crippen LogP contribution < -0.4 is 16.4 Å². The topological polar surface area (TPSA) is 157 Å². The van der Waals surface area contributed by atoms with E-state index in [2.05, 4.69) is 17.6 Å². The first kappa shape index (κ1) is 26.3. The van der Waals surface area contributed by atoms with Crippen molar-refractivity contribution in [3.8, 4) is 0 Å². The van der Waals surface area contributed by atoms with Crippen LogP contribution in [-0.4, -0.2) is 106 Å². The summed E-state index contributed by atoms with van der Waals surface area (Å²) >= 11 is 1.19. The number of ether oxygens (including phenoxy) is 1. The summed E-state index contributed by atoms with van der Waals surface area (Å²) in [4.78, 5) is 27.1. The van der Waals surface area contributed by atoms with Gasteiger partial charge in [0.25, 0.3) is 0 Å². The van der Waals surface area contributed by atoms with Gasteiger partial charge in [0.2, 0.25) is 11.8 Å². The van der Waals surface area contributed by atoms with Crippen molar-refractivity contribution in [1.29, 1.82) is 0 Å². The quantitative estimate of drug-likeness (QED) is 0.233. The van der Waals surface area contributed by atoms with Crippen molar-refractivity contribution in [3.63, 3.8) is 0 Å². The monoisotopic (exact) mass is 462 g/mol. The highest BCUT2D eigenvalue weighted by molar-refractivity contribution is 7.99. The fraction of sp³-hybridized carbons (Fsp3) is 0.900. The molecule has 0 spiro atoms. The smallest absolute Gasteiger partial charge is 0.237 e. The lowest BCUT2D eigenvalue weighted by Crippen LogP contribution is -2.67. The van der Waals surface area contributed by atoms with Gasteiger partial charge in [-0.1, -0.05) is 13.3 Å². The van der Waals surface area contributed by atoms with E-state index in [0.29, 0.717) is 5.92 Å². The summed E-state index contributed by atoms with van der Waals surface area (Å²) in [6, 6.07) is -1.81. The number of aliphatic hydroxyl groups excluding tert-OH is 3. The molecule has 2 fully saturated rings. The second-order valence-electron chi connectivity index (χ2n) is 8.62. The third kappa shape index (κ3) is 6.31. The van der Waals surface area contributed by atoms with Gasteiger partial charge in [-0.05, 0) is 39.0 Å². The molecule has 11 heteroatoms. The Labute approximate surface area is 188 Å². The third-order valence-electron chi connectivity index (χ3n) is 6.25. The van der Waals surface area contributed by atoms with Crippen LogP contribution in [0.25, 0.3) is 0 Å². The maximum absolute atomic E-state index is 13.2. The fourth-order valence-corrected chi connectivity index (χ4v) is 5.23. The Hall–Kier alpha value is -0.950. The molecule has 0 radical (unpaired) electrons. The molecule has 0 saturated carbocycles. The van der Waals surface area contributed by atoms with Crippen molar-refractivity contribution in [2.24, 2.45) is 11.7 Å². The lowest BCUT2D eigenvalue weighted by Gasteiger charge is -2.45. The van der Waals surface area contributed by atoms with E-state index in [-0.39, 0.29) is 18.5 Å². The van der Waals surface area contributed by atoms with E-state index in [1.165, 1.54) is 11.8 Å². The molecule has 7 N–H and O–H groups in total. The van der Waals surface area contributed by atoms with Crippen LogP contribution in [0.5, 0.6) is 0 Å². The highest BCUT2D eigenvalue weighted by atomic mass is 32.2. The summed E-state index contributed by atoms with van der Waals surface area (Å²) in [6.45, 7) is 4.41. The molecule has 180 valence electrons. The highest BCUT2D eigenvalue weighted by Crippen LogP contribution is 2.30. The van der Waals surface area contributed by atoms with E-state index in [1.807, 2.05) is 11.9 Å². The first-order valence-corrected chi connectivity index (χ1v) is 12.2. The molecule has 0 aromatic rings. The van der Waals surface area contributed by atoms with Crippen LogP contribution in [0.4, 0.5) is 0 Å². The molecule has 2 unspecified atom stereocenters. The molecule has 2 aliphatic rings. The SMILES string of the molecule is CCC[C@@H]1C[C@@H](C(=O)N[C@H]([C@H](C)NC(=O)CN)[C@H]2OC(SC)[C@H](O)[C@H](O)C2O)N(C)C1. The number of thioether (sulfide) groups is 1. The Bertz CT molecular complexity index is 612. The van der Waals surface area contributed by atoms with Crippen LogP contribution in [0.15, 0.2) is 0 Å². The molecular weight excluding hydrogens is 424 g/mol. The van der Waals surface area contributed by atoms with E-state index in [9.17, 15) is 24.9 Å². The van der Waals surface area contributed by atoms with Gasteiger partial charge in [-0.2, -0.15) is 0 Å². The number of nitrogens with two attached hydrogens (primary N) is 1. The average Bonchev–Trinajstić information content (AvgIpc) is 3.11. The number of hydrogen-bond donors (Lipinski definition) is 6. The normalized spacial score (nSPS) is 36.1. The van der Waals surface area contributed by atoms with Gasteiger partial charge in [0.1, 0.15) is 29.9 Å². The number of rotatable bonds is 9. The van der Waals surface area contributed by atoms with Gasteiger partial charge in [0.05, 0.1) is 18.6 Å². The molecule has 9 atom stereocenters. The summed E-state index contributed by atoms with van der Waals surface area (Å²) < 4.78 is 5.87. The van der Waals surface area contributed by atoms with Crippen molar-refractivity contribution >= 4 is 23.6 Å². The zero-order valence-electron chi connectivity index (χ0n) is 18.7. The van der Waals surface area contributed by atoms with Crippen molar-refractivity contribution in [2.75, 3.05) is 26.4 Å². The predicted octanol–water partition coefficient (Wildman–Crippen LogP) is -1.77. The molecule has 0 bridgehead atoms. The highest BCUT2D eigenvalue weighted by Gasteiger charge is 2.48. The molecule has 2 heterocycles. The molecular formula is C20H38N4O6S. The van der Waals surface area contributed by atoms with Crippen LogP contribution in [-0.2, 0) is 14.3 Å². The summed E-state index contributed by atoms with van der Waals surface area (Å²) in [5.74, 6) is -0.204. The van der Waals surface area contributed by atoms with Crippen LogP contribution in [0.1, 0.15) is 33.1 Å². The molecule has 0 aliphatic carbocycles. The third-order valence-corrected chi connectivity index (χ3v) is 7.10. The van der Waals surface area contributed by atoms with Gasteiger partial charge in [-0.15, -0.1) is 11.8 Å². The van der Waals surface area contributed by atoms with Gasteiger partial charge in [-0.3, -0.25) is 14.5 Å². The Kier molecular flexibility index (Phi) is 9.99. The minimum Gasteiger partial charge on any atom is -0.388 e. The molecule has 31 heavy (non-hydrogen) atoms.